The second-order valence-corrected chi connectivity index (χ2v) is 8.70. The molecule has 2 aromatic rings. The second-order valence-electron chi connectivity index (χ2n) is 8.70. The molecule has 39 heavy (non-hydrogen) atoms. The Bertz CT molecular complexity index is 1200. The van der Waals surface area contributed by atoms with Gasteiger partial charge in [-0.25, -0.2) is 14.8 Å². The molecule has 208 valence electrons. The van der Waals surface area contributed by atoms with Crippen molar-refractivity contribution in [3.8, 4) is 11.4 Å². The number of carboxylic acid groups (broad SMARTS) is 1. The molecule has 0 bridgehead atoms. The van der Waals surface area contributed by atoms with Crippen LogP contribution < -0.4 is 10.6 Å². The van der Waals surface area contributed by atoms with Crippen molar-refractivity contribution in [2.24, 2.45) is 0 Å². The zero-order chi connectivity index (χ0) is 28.4. The largest absolute Gasteiger partial charge is 0.481 e. The lowest BCUT2D eigenvalue weighted by atomic mass is 10.1. The van der Waals surface area contributed by atoms with Crippen molar-refractivity contribution in [3.63, 3.8) is 0 Å². The summed E-state index contributed by atoms with van der Waals surface area (Å²) < 4.78 is 5.00. The standard InChI is InChI=1S/C26H32N6O7/c1-3-21(33)29-20-16-19(27-23(30-20)17-8-6-5-7-9-17)24(36)28-18(10-11-22(34)35)25(37)31-12-14-32(15-13-31)26(38)39-4-2/h5-9,16,18H,3-4,10-15H2,1-2H3,(H,28,36)(H,34,35)(H,27,29,30,33). The SMILES string of the molecule is CCOC(=O)N1CCN(C(=O)C(CCC(=O)O)NC(=O)c2cc(NC(=O)CC)nc(-c3ccccc3)n2)CC1. The highest BCUT2D eigenvalue weighted by Crippen LogP contribution is 2.19. The average Bonchev–Trinajstić information content (AvgIpc) is 2.95. The number of amides is 4. The molecule has 4 amide bonds. The number of carboxylic acids is 1. The molecule has 0 radical (unpaired) electrons. The number of nitrogens with zero attached hydrogens (tertiary/aromatic N) is 4. The third kappa shape index (κ3) is 8.22. The van der Waals surface area contributed by atoms with E-state index in [2.05, 4.69) is 20.6 Å². The molecule has 1 aromatic carbocycles. The first kappa shape index (κ1) is 29.0. The Kier molecular flexibility index (Phi) is 10.3. The average molecular weight is 541 g/mol. The van der Waals surface area contributed by atoms with E-state index in [0.717, 1.165) is 0 Å². The molecule has 1 aliphatic rings. The smallest absolute Gasteiger partial charge is 0.409 e. The molecule has 1 saturated heterocycles. The number of benzene rings is 1. The van der Waals surface area contributed by atoms with Gasteiger partial charge in [0.15, 0.2) is 5.82 Å². The van der Waals surface area contributed by atoms with Gasteiger partial charge in [0.2, 0.25) is 11.8 Å². The summed E-state index contributed by atoms with van der Waals surface area (Å²) in [6, 6.07) is 9.01. The number of nitrogens with one attached hydrogen (secondary N) is 2. The van der Waals surface area contributed by atoms with Gasteiger partial charge in [-0.2, -0.15) is 0 Å². The van der Waals surface area contributed by atoms with E-state index in [1.165, 1.54) is 15.9 Å². The summed E-state index contributed by atoms with van der Waals surface area (Å²) in [4.78, 5) is 73.5. The number of ether oxygens (including phenoxy) is 1. The Morgan fingerprint density at radius 1 is 1.00 bits per heavy atom. The predicted octanol–water partition coefficient (Wildman–Crippen LogP) is 1.76. The summed E-state index contributed by atoms with van der Waals surface area (Å²) in [5.74, 6) is -2.31. The number of carbonyl (C=O) groups excluding carboxylic acids is 4. The molecule has 3 N–H and O–H groups in total. The Labute approximate surface area is 225 Å². The fourth-order valence-electron chi connectivity index (χ4n) is 3.88. The van der Waals surface area contributed by atoms with Gasteiger partial charge < -0.3 is 30.3 Å². The Balaban J connectivity index is 1.81. The van der Waals surface area contributed by atoms with Crippen LogP contribution in [0.5, 0.6) is 0 Å². The van der Waals surface area contributed by atoms with Crippen LogP contribution in [0.2, 0.25) is 0 Å². The lowest BCUT2D eigenvalue weighted by Crippen LogP contribution is -2.56. The van der Waals surface area contributed by atoms with Gasteiger partial charge in [0.05, 0.1) is 6.61 Å². The van der Waals surface area contributed by atoms with Gasteiger partial charge in [-0.3, -0.25) is 19.2 Å². The van der Waals surface area contributed by atoms with E-state index in [-0.39, 0.29) is 75.3 Å². The van der Waals surface area contributed by atoms with Gasteiger partial charge >= 0.3 is 12.1 Å². The number of carbonyl (C=O) groups is 5. The van der Waals surface area contributed by atoms with Gasteiger partial charge in [-0.15, -0.1) is 0 Å². The van der Waals surface area contributed by atoms with Crippen LogP contribution in [-0.4, -0.2) is 93.5 Å². The summed E-state index contributed by atoms with van der Waals surface area (Å²) in [6.45, 7) is 4.52. The highest BCUT2D eigenvalue weighted by atomic mass is 16.6. The zero-order valence-corrected chi connectivity index (χ0v) is 21.9. The lowest BCUT2D eigenvalue weighted by Gasteiger charge is -2.35. The summed E-state index contributed by atoms with van der Waals surface area (Å²) in [7, 11) is 0. The minimum atomic E-state index is -1.15. The molecule has 2 heterocycles. The van der Waals surface area contributed by atoms with E-state index >= 15 is 0 Å². The first-order chi connectivity index (χ1) is 18.7. The van der Waals surface area contributed by atoms with Crippen LogP contribution in [0, 0.1) is 0 Å². The normalized spacial score (nSPS) is 13.8. The fraction of sp³-hybridized carbons (Fsp3) is 0.423. The second kappa shape index (κ2) is 13.8. The van der Waals surface area contributed by atoms with Crippen LogP contribution in [0.15, 0.2) is 36.4 Å². The molecule has 0 aliphatic carbocycles. The van der Waals surface area contributed by atoms with E-state index in [4.69, 9.17) is 4.74 Å². The number of piperazine rings is 1. The maximum atomic E-state index is 13.3. The van der Waals surface area contributed by atoms with Crippen LogP contribution in [0.3, 0.4) is 0 Å². The van der Waals surface area contributed by atoms with E-state index < -0.39 is 29.9 Å². The molecule has 13 heteroatoms. The van der Waals surface area contributed by atoms with E-state index in [1.807, 2.05) is 6.07 Å². The number of hydrogen-bond acceptors (Lipinski definition) is 8. The topological polar surface area (TPSA) is 171 Å². The highest BCUT2D eigenvalue weighted by Gasteiger charge is 2.31. The third-order valence-electron chi connectivity index (χ3n) is 5.95. The molecule has 1 aliphatic heterocycles. The minimum Gasteiger partial charge on any atom is -0.481 e. The van der Waals surface area contributed by atoms with Gasteiger partial charge in [-0.1, -0.05) is 37.3 Å². The summed E-state index contributed by atoms with van der Waals surface area (Å²) >= 11 is 0. The summed E-state index contributed by atoms with van der Waals surface area (Å²) in [5, 5.41) is 14.4. The van der Waals surface area contributed by atoms with Crippen molar-refractivity contribution in [1.82, 2.24) is 25.1 Å². The quantitative estimate of drug-likeness (QED) is 0.406. The Morgan fingerprint density at radius 3 is 2.28 bits per heavy atom. The van der Waals surface area contributed by atoms with Crippen molar-refractivity contribution in [2.45, 2.75) is 39.2 Å². The van der Waals surface area contributed by atoms with E-state index in [9.17, 15) is 29.1 Å². The minimum absolute atomic E-state index is 0.101. The molecule has 0 spiro atoms. The first-order valence-corrected chi connectivity index (χ1v) is 12.7. The summed E-state index contributed by atoms with van der Waals surface area (Å²) in [6.07, 6.45) is -0.768. The molecule has 0 saturated carbocycles. The molecule has 3 rings (SSSR count). The van der Waals surface area contributed by atoms with Gasteiger partial charge in [-0.05, 0) is 13.3 Å². The number of aromatic nitrogens is 2. The van der Waals surface area contributed by atoms with Crippen LogP contribution >= 0.6 is 0 Å². The van der Waals surface area contributed by atoms with Crippen LogP contribution in [-0.2, 0) is 19.1 Å². The predicted molar refractivity (Wildman–Crippen MR) is 140 cm³/mol. The molecule has 1 aromatic heterocycles. The number of aliphatic carboxylic acids is 1. The number of anilines is 1. The van der Waals surface area contributed by atoms with E-state index in [1.54, 1.807) is 38.1 Å². The maximum absolute atomic E-state index is 13.3. The van der Waals surface area contributed by atoms with Crippen LogP contribution in [0.4, 0.5) is 10.6 Å². The van der Waals surface area contributed by atoms with Crippen molar-refractivity contribution in [3.05, 3.63) is 42.1 Å². The molecule has 1 atom stereocenters. The third-order valence-corrected chi connectivity index (χ3v) is 5.95. The van der Waals surface area contributed by atoms with Crippen LogP contribution in [0.25, 0.3) is 11.4 Å². The van der Waals surface area contributed by atoms with Gasteiger partial charge in [0.25, 0.3) is 5.91 Å². The Morgan fingerprint density at radius 2 is 1.67 bits per heavy atom. The lowest BCUT2D eigenvalue weighted by molar-refractivity contribution is -0.138. The highest BCUT2D eigenvalue weighted by molar-refractivity contribution is 5.98. The van der Waals surface area contributed by atoms with Crippen molar-refractivity contribution < 1.29 is 33.8 Å². The monoisotopic (exact) mass is 540 g/mol. The number of rotatable bonds is 10. The maximum Gasteiger partial charge on any atom is 0.409 e. The van der Waals surface area contributed by atoms with Crippen molar-refractivity contribution in [2.75, 3.05) is 38.1 Å². The molecular weight excluding hydrogens is 508 g/mol. The Hall–Kier alpha value is -4.55. The van der Waals surface area contributed by atoms with E-state index in [0.29, 0.717) is 5.56 Å². The van der Waals surface area contributed by atoms with Crippen molar-refractivity contribution in [1.29, 1.82) is 0 Å². The summed E-state index contributed by atoms with van der Waals surface area (Å²) in [5.41, 5.74) is 0.507. The van der Waals surface area contributed by atoms with Crippen LogP contribution in [0.1, 0.15) is 43.6 Å². The van der Waals surface area contributed by atoms with Gasteiger partial charge in [0.1, 0.15) is 17.6 Å². The molecular formula is C26H32N6O7. The zero-order valence-electron chi connectivity index (χ0n) is 21.9. The van der Waals surface area contributed by atoms with Gasteiger partial charge in [0, 0.05) is 50.7 Å². The molecule has 1 fully saturated rings. The molecule has 1 unspecified atom stereocenters. The van der Waals surface area contributed by atoms with Crippen molar-refractivity contribution >= 4 is 35.6 Å². The first-order valence-electron chi connectivity index (χ1n) is 12.7. The molecule has 13 nitrogen and oxygen atoms in total. The fourth-order valence-corrected chi connectivity index (χ4v) is 3.88. The number of hydrogen-bond donors (Lipinski definition) is 3.